The molecule has 0 aromatic heterocycles. The van der Waals surface area contributed by atoms with E-state index in [0.29, 0.717) is 6.42 Å². The number of unbranched alkanes of at least 4 members (excludes halogenated alkanes) is 7. The first-order valence-corrected chi connectivity index (χ1v) is 8.71. The Kier molecular flexibility index (Phi) is 14.9. The van der Waals surface area contributed by atoms with Crippen molar-refractivity contribution in [3.8, 4) is 0 Å². The van der Waals surface area contributed by atoms with Crippen molar-refractivity contribution in [3.63, 3.8) is 0 Å². The van der Waals surface area contributed by atoms with Gasteiger partial charge >= 0.3 is 5.97 Å². The summed E-state index contributed by atoms with van der Waals surface area (Å²) < 4.78 is 0. The Balaban J connectivity index is 3.16. The predicted molar refractivity (Wildman–Crippen MR) is 88.5 cm³/mol. The van der Waals surface area contributed by atoms with Crippen LogP contribution < -0.4 is 0 Å². The summed E-state index contributed by atoms with van der Waals surface area (Å²) >= 11 is 0. The van der Waals surface area contributed by atoms with Crippen LogP contribution in [-0.4, -0.2) is 22.3 Å². The first-order valence-electron chi connectivity index (χ1n) is 8.71. The standard InChI is InChI=1S/C18H34O3/c1-2-14-17(19)15-12-10-8-6-4-3-5-7-9-11-13-16-18(20)21/h8,10,17,19H,2-7,9,11-16H2,1H3,(H,20,21)/b10-8+. The van der Waals surface area contributed by atoms with Gasteiger partial charge in [-0.2, -0.15) is 0 Å². The Hall–Kier alpha value is -0.830. The highest BCUT2D eigenvalue weighted by Crippen LogP contribution is 2.10. The first-order chi connectivity index (χ1) is 10.2. The number of rotatable bonds is 15. The number of aliphatic hydroxyl groups excluding tert-OH is 1. The third-order valence-electron chi connectivity index (χ3n) is 3.72. The second-order valence-corrected chi connectivity index (χ2v) is 5.90. The number of carboxylic acids is 1. The van der Waals surface area contributed by atoms with E-state index in [2.05, 4.69) is 19.1 Å². The van der Waals surface area contributed by atoms with Gasteiger partial charge in [-0.1, -0.05) is 57.6 Å². The third-order valence-corrected chi connectivity index (χ3v) is 3.72. The van der Waals surface area contributed by atoms with Gasteiger partial charge in [0.25, 0.3) is 0 Å². The molecule has 0 aromatic rings. The van der Waals surface area contributed by atoms with Crippen LogP contribution in [0.1, 0.15) is 90.4 Å². The number of carboxylic acid groups (broad SMARTS) is 1. The molecule has 21 heavy (non-hydrogen) atoms. The lowest BCUT2D eigenvalue weighted by Crippen LogP contribution is -2.04. The average Bonchev–Trinajstić information content (AvgIpc) is 2.44. The van der Waals surface area contributed by atoms with E-state index >= 15 is 0 Å². The Morgan fingerprint density at radius 3 is 2.10 bits per heavy atom. The van der Waals surface area contributed by atoms with Crippen molar-refractivity contribution in [2.24, 2.45) is 0 Å². The molecule has 1 unspecified atom stereocenters. The van der Waals surface area contributed by atoms with Gasteiger partial charge in [-0.3, -0.25) is 4.79 Å². The zero-order valence-corrected chi connectivity index (χ0v) is 13.7. The van der Waals surface area contributed by atoms with Gasteiger partial charge < -0.3 is 10.2 Å². The van der Waals surface area contributed by atoms with Gasteiger partial charge in [-0.25, -0.2) is 0 Å². The maximum absolute atomic E-state index is 10.3. The van der Waals surface area contributed by atoms with Gasteiger partial charge in [0.1, 0.15) is 0 Å². The lowest BCUT2D eigenvalue weighted by molar-refractivity contribution is -0.137. The molecule has 0 radical (unpaired) electrons. The number of allylic oxidation sites excluding steroid dienone is 2. The summed E-state index contributed by atoms with van der Waals surface area (Å²) in [6.45, 7) is 2.10. The molecule has 0 heterocycles. The summed E-state index contributed by atoms with van der Waals surface area (Å²) in [5.41, 5.74) is 0. The van der Waals surface area contributed by atoms with E-state index in [1.165, 1.54) is 32.1 Å². The SMILES string of the molecule is CCCC(O)CC/C=C/CCCCCCCCCC(=O)O. The van der Waals surface area contributed by atoms with Gasteiger partial charge in [0.15, 0.2) is 0 Å². The quantitative estimate of drug-likeness (QED) is 0.327. The number of aliphatic hydroxyl groups is 1. The molecule has 0 aliphatic carbocycles. The molecule has 0 aromatic carbocycles. The van der Waals surface area contributed by atoms with Crippen molar-refractivity contribution >= 4 is 5.97 Å². The van der Waals surface area contributed by atoms with E-state index in [4.69, 9.17) is 5.11 Å². The molecular weight excluding hydrogens is 264 g/mol. The topological polar surface area (TPSA) is 57.5 Å². The van der Waals surface area contributed by atoms with Crippen LogP contribution in [0.25, 0.3) is 0 Å². The molecule has 0 saturated heterocycles. The second-order valence-electron chi connectivity index (χ2n) is 5.90. The Morgan fingerprint density at radius 2 is 1.48 bits per heavy atom. The first kappa shape index (κ1) is 20.2. The molecule has 1 atom stereocenters. The minimum Gasteiger partial charge on any atom is -0.481 e. The third kappa shape index (κ3) is 17.1. The molecule has 2 N–H and O–H groups in total. The van der Waals surface area contributed by atoms with Crippen molar-refractivity contribution in [3.05, 3.63) is 12.2 Å². The van der Waals surface area contributed by atoms with Crippen LogP contribution in [-0.2, 0) is 4.79 Å². The molecule has 3 nitrogen and oxygen atoms in total. The summed E-state index contributed by atoms with van der Waals surface area (Å²) in [6, 6.07) is 0. The fraction of sp³-hybridized carbons (Fsp3) is 0.833. The van der Waals surface area contributed by atoms with Gasteiger partial charge in [-0.05, 0) is 38.5 Å². The summed E-state index contributed by atoms with van der Waals surface area (Å²) in [6.07, 6.45) is 17.7. The highest BCUT2D eigenvalue weighted by molar-refractivity contribution is 5.66. The van der Waals surface area contributed by atoms with E-state index in [1.54, 1.807) is 0 Å². The van der Waals surface area contributed by atoms with E-state index in [-0.39, 0.29) is 6.10 Å². The van der Waals surface area contributed by atoms with Crippen LogP contribution in [0.4, 0.5) is 0 Å². The molecule has 0 amide bonds. The fourth-order valence-electron chi connectivity index (χ4n) is 2.42. The minimum absolute atomic E-state index is 0.124. The fourth-order valence-corrected chi connectivity index (χ4v) is 2.42. The van der Waals surface area contributed by atoms with E-state index < -0.39 is 5.97 Å². The lowest BCUT2D eigenvalue weighted by Gasteiger charge is -2.05. The van der Waals surface area contributed by atoms with Crippen molar-refractivity contribution in [1.29, 1.82) is 0 Å². The monoisotopic (exact) mass is 298 g/mol. The summed E-state index contributed by atoms with van der Waals surface area (Å²) in [5, 5.41) is 18.1. The number of carbonyl (C=O) groups is 1. The van der Waals surface area contributed by atoms with Gasteiger partial charge in [-0.15, -0.1) is 0 Å². The van der Waals surface area contributed by atoms with Crippen molar-refractivity contribution in [1.82, 2.24) is 0 Å². The van der Waals surface area contributed by atoms with Crippen LogP contribution in [0, 0.1) is 0 Å². The zero-order chi connectivity index (χ0) is 15.8. The largest absolute Gasteiger partial charge is 0.481 e. The summed E-state index contributed by atoms with van der Waals surface area (Å²) in [7, 11) is 0. The smallest absolute Gasteiger partial charge is 0.303 e. The van der Waals surface area contributed by atoms with Crippen LogP contribution >= 0.6 is 0 Å². The van der Waals surface area contributed by atoms with Crippen LogP contribution in [0.3, 0.4) is 0 Å². The highest BCUT2D eigenvalue weighted by Gasteiger charge is 1.99. The zero-order valence-electron chi connectivity index (χ0n) is 13.7. The maximum atomic E-state index is 10.3. The molecule has 0 fully saturated rings. The Labute approximate surface area is 130 Å². The van der Waals surface area contributed by atoms with Gasteiger partial charge in [0.05, 0.1) is 6.10 Å². The summed E-state index contributed by atoms with van der Waals surface area (Å²) in [5.74, 6) is -0.677. The van der Waals surface area contributed by atoms with Gasteiger partial charge in [0, 0.05) is 6.42 Å². The van der Waals surface area contributed by atoms with Crippen LogP contribution in [0.15, 0.2) is 12.2 Å². The van der Waals surface area contributed by atoms with Gasteiger partial charge in [0.2, 0.25) is 0 Å². The normalized spacial score (nSPS) is 12.9. The van der Waals surface area contributed by atoms with Crippen molar-refractivity contribution in [2.75, 3.05) is 0 Å². The maximum Gasteiger partial charge on any atom is 0.303 e. The van der Waals surface area contributed by atoms with E-state index in [9.17, 15) is 9.90 Å². The number of hydrogen-bond donors (Lipinski definition) is 2. The molecule has 0 bridgehead atoms. The second kappa shape index (κ2) is 15.6. The van der Waals surface area contributed by atoms with Crippen LogP contribution in [0.5, 0.6) is 0 Å². The van der Waals surface area contributed by atoms with Crippen molar-refractivity contribution < 1.29 is 15.0 Å². The molecule has 3 heteroatoms. The molecule has 0 aliphatic rings. The Bertz CT molecular complexity index is 261. The lowest BCUT2D eigenvalue weighted by atomic mass is 10.1. The summed E-state index contributed by atoms with van der Waals surface area (Å²) in [4.78, 5) is 10.3. The van der Waals surface area contributed by atoms with Crippen LogP contribution in [0.2, 0.25) is 0 Å². The molecule has 0 rings (SSSR count). The van der Waals surface area contributed by atoms with E-state index in [1.807, 2.05) is 0 Å². The number of hydrogen-bond acceptors (Lipinski definition) is 2. The predicted octanol–water partition coefficient (Wildman–Crippen LogP) is 5.08. The van der Waals surface area contributed by atoms with Crippen molar-refractivity contribution in [2.45, 2.75) is 96.5 Å². The van der Waals surface area contributed by atoms with E-state index in [0.717, 1.165) is 44.9 Å². The highest BCUT2D eigenvalue weighted by atomic mass is 16.4. The minimum atomic E-state index is -0.677. The molecule has 0 saturated carbocycles. The molecule has 0 aliphatic heterocycles. The number of aliphatic carboxylic acids is 1. The molecular formula is C18H34O3. The average molecular weight is 298 g/mol. The molecule has 124 valence electrons. The Morgan fingerprint density at radius 1 is 0.905 bits per heavy atom. The molecule has 0 spiro atoms.